The zero-order valence-corrected chi connectivity index (χ0v) is 11.7. The molecule has 1 saturated carbocycles. The Hall–Kier alpha value is -1.09. The van der Waals surface area contributed by atoms with Gasteiger partial charge in [0, 0.05) is 0 Å². The monoisotopic (exact) mass is 266 g/mol. The lowest BCUT2D eigenvalue weighted by Gasteiger charge is -2.31. The van der Waals surface area contributed by atoms with Gasteiger partial charge in [-0.2, -0.15) is 0 Å². The minimum Gasteiger partial charge on any atom is -0.496 e. The summed E-state index contributed by atoms with van der Waals surface area (Å²) in [6.45, 7) is 2.21. The molecule has 1 unspecified atom stereocenters. The third kappa shape index (κ3) is 3.08. The number of methoxy groups -OCH3 is 1. The van der Waals surface area contributed by atoms with E-state index in [1.54, 1.807) is 12.1 Å². The van der Waals surface area contributed by atoms with Crippen LogP contribution in [0.25, 0.3) is 0 Å². The van der Waals surface area contributed by atoms with Gasteiger partial charge in [-0.15, -0.1) is 0 Å². The molecule has 0 bridgehead atoms. The van der Waals surface area contributed by atoms with Gasteiger partial charge >= 0.3 is 0 Å². The number of halogens is 1. The average molecular weight is 266 g/mol. The maximum Gasteiger partial charge on any atom is 0.132 e. The second-order valence-corrected chi connectivity index (χ2v) is 5.49. The van der Waals surface area contributed by atoms with E-state index in [9.17, 15) is 9.50 Å². The molecule has 1 aliphatic carbocycles. The Labute approximate surface area is 114 Å². The molecule has 0 saturated heterocycles. The first-order valence-electron chi connectivity index (χ1n) is 7.17. The fraction of sp³-hybridized carbons (Fsp3) is 0.625. The molecule has 0 aliphatic heterocycles. The van der Waals surface area contributed by atoms with E-state index in [-0.39, 0.29) is 11.7 Å². The highest BCUT2D eigenvalue weighted by Gasteiger charge is 2.30. The Morgan fingerprint density at radius 3 is 2.58 bits per heavy atom. The van der Waals surface area contributed by atoms with Crippen LogP contribution in [-0.2, 0) is 0 Å². The zero-order chi connectivity index (χ0) is 13.8. The van der Waals surface area contributed by atoms with Crippen molar-refractivity contribution in [3.05, 3.63) is 29.6 Å². The van der Waals surface area contributed by atoms with Crippen molar-refractivity contribution >= 4 is 0 Å². The van der Waals surface area contributed by atoms with Crippen LogP contribution in [-0.4, -0.2) is 12.2 Å². The normalized spacial score (nSPS) is 25.1. The molecule has 0 spiro atoms. The van der Waals surface area contributed by atoms with Crippen LogP contribution in [0.2, 0.25) is 0 Å². The maximum absolute atomic E-state index is 13.9. The first kappa shape index (κ1) is 14.3. The number of benzene rings is 1. The molecule has 0 heterocycles. The SMILES string of the molecule is CCC1CCC(C(O)c2c(F)cccc2OC)CC1. The third-order valence-electron chi connectivity index (χ3n) is 4.44. The largest absolute Gasteiger partial charge is 0.496 e. The Kier molecular flexibility index (Phi) is 4.81. The summed E-state index contributed by atoms with van der Waals surface area (Å²) in [5.41, 5.74) is 0.324. The lowest BCUT2D eigenvalue weighted by molar-refractivity contribution is 0.0678. The number of hydrogen-bond acceptors (Lipinski definition) is 2. The second kappa shape index (κ2) is 6.38. The minimum atomic E-state index is -0.756. The van der Waals surface area contributed by atoms with E-state index in [2.05, 4.69) is 6.92 Å². The van der Waals surface area contributed by atoms with Crippen LogP contribution in [0.5, 0.6) is 5.75 Å². The lowest BCUT2D eigenvalue weighted by Crippen LogP contribution is -2.21. The summed E-state index contributed by atoms with van der Waals surface area (Å²) in [5, 5.41) is 10.5. The molecule has 3 heteroatoms. The zero-order valence-electron chi connectivity index (χ0n) is 11.7. The van der Waals surface area contributed by atoms with Crippen LogP contribution in [0, 0.1) is 17.7 Å². The summed E-state index contributed by atoms with van der Waals surface area (Å²) in [6.07, 6.45) is 4.65. The van der Waals surface area contributed by atoms with E-state index in [1.807, 2.05) is 0 Å². The summed E-state index contributed by atoms with van der Waals surface area (Å²) in [7, 11) is 1.51. The molecule has 19 heavy (non-hydrogen) atoms. The summed E-state index contributed by atoms with van der Waals surface area (Å²) in [4.78, 5) is 0. The number of ether oxygens (including phenoxy) is 1. The predicted octanol–water partition coefficient (Wildman–Crippen LogP) is 4.08. The molecule has 1 N–H and O–H groups in total. The van der Waals surface area contributed by atoms with Gasteiger partial charge in [0.15, 0.2) is 0 Å². The highest BCUT2D eigenvalue weighted by molar-refractivity contribution is 5.36. The van der Waals surface area contributed by atoms with Gasteiger partial charge in [0.05, 0.1) is 18.8 Å². The topological polar surface area (TPSA) is 29.5 Å². The fourth-order valence-electron chi connectivity index (χ4n) is 3.13. The molecule has 1 atom stereocenters. The van der Waals surface area contributed by atoms with Crippen molar-refractivity contribution in [3.8, 4) is 5.75 Å². The number of aliphatic hydroxyl groups excluding tert-OH is 1. The van der Waals surface area contributed by atoms with Gasteiger partial charge in [0.2, 0.25) is 0 Å². The third-order valence-corrected chi connectivity index (χ3v) is 4.44. The Morgan fingerprint density at radius 2 is 2.00 bits per heavy atom. The van der Waals surface area contributed by atoms with Crippen molar-refractivity contribution in [1.82, 2.24) is 0 Å². The molecule has 2 rings (SSSR count). The highest BCUT2D eigenvalue weighted by atomic mass is 19.1. The summed E-state index contributed by atoms with van der Waals surface area (Å²) in [6, 6.07) is 4.70. The average Bonchev–Trinajstić information content (AvgIpc) is 2.46. The van der Waals surface area contributed by atoms with Gasteiger partial charge in [-0.25, -0.2) is 4.39 Å². The van der Waals surface area contributed by atoms with Gasteiger partial charge in [-0.05, 0) is 36.8 Å². The highest BCUT2D eigenvalue weighted by Crippen LogP contribution is 2.41. The van der Waals surface area contributed by atoms with E-state index in [0.717, 1.165) is 31.6 Å². The van der Waals surface area contributed by atoms with Crippen LogP contribution in [0.1, 0.15) is 50.7 Å². The van der Waals surface area contributed by atoms with Crippen molar-refractivity contribution in [1.29, 1.82) is 0 Å². The van der Waals surface area contributed by atoms with E-state index in [4.69, 9.17) is 4.74 Å². The minimum absolute atomic E-state index is 0.147. The molecule has 1 aliphatic rings. The molecular weight excluding hydrogens is 243 g/mol. The van der Waals surface area contributed by atoms with E-state index < -0.39 is 6.10 Å². The number of hydrogen-bond donors (Lipinski definition) is 1. The fourth-order valence-corrected chi connectivity index (χ4v) is 3.13. The summed E-state index contributed by atoms with van der Waals surface area (Å²) in [5.74, 6) is 0.995. The molecule has 0 amide bonds. The van der Waals surface area contributed by atoms with Crippen molar-refractivity contribution < 1.29 is 14.2 Å². The van der Waals surface area contributed by atoms with Gasteiger partial charge in [0.25, 0.3) is 0 Å². The molecular formula is C16H23FO2. The smallest absolute Gasteiger partial charge is 0.132 e. The lowest BCUT2D eigenvalue weighted by atomic mass is 9.77. The van der Waals surface area contributed by atoms with E-state index in [0.29, 0.717) is 11.3 Å². The van der Waals surface area contributed by atoms with Gasteiger partial charge < -0.3 is 9.84 Å². The summed E-state index contributed by atoms with van der Waals surface area (Å²) < 4.78 is 19.1. The number of rotatable bonds is 4. The van der Waals surface area contributed by atoms with Crippen molar-refractivity contribution in [3.63, 3.8) is 0 Å². The summed E-state index contributed by atoms with van der Waals surface area (Å²) >= 11 is 0. The van der Waals surface area contributed by atoms with E-state index in [1.165, 1.54) is 19.6 Å². The molecule has 1 aromatic carbocycles. The molecule has 1 fully saturated rings. The van der Waals surface area contributed by atoms with Crippen molar-refractivity contribution in [2.24, 2.45) is 11.8 Å². The van der Waals surface area contributed by atoms with Crippen LogP contribution in [0.15, 0.2) is 18.2 Å². The van der Waals surface area contributed by atoms with Crippen molar-refractivity contribution in [2.75, 3.05) is 7.11 Å². The molecule has 1 aromatic rings. The predicted molar refractivity (Wildman–Crippen MR) is 73.7 cm³/mol. The first-order valence-corrected chi connectivity index (χ1v) is 7.17. The molecule has 106 valence electrons. The second-order valence-electron chi connectivity index (χ2n) is 5.49. The molecule has 0 radical (unpaired) electrons. The molecule has 2 nitrogen and oxygen atoms in total. The Morgan fingerprint density at radius 1 is 1.32 bits per heavy atom. The Bertz CT molecular complexity index is 411. The van der Waals surface area contributed by atoms with Gasteiger partial charge in [-0.1, -0.05) is 32.3 Å². The number of aliphatic hydroxyl groups is 1. The standard InChI is InChI=1S/C16H23FO2/c1-3-11-7-9-12(10-8-11)16(18)15-13(17)5-4-6-14(15)19-2/h4-6,11-12,16,18H,3,7-10H2,1-2H3. The van der Waals surface area contributed by atoms with Crippen LogP contribution < -0.4 is 4.74 Å². The van der Waals surface area contributed by atoms with Crippen LogP contribution in [0.3, 0.4) is 0 Å². The van der Waals surface area contributed by atoms with Gasteiger partial charge in [0.1, 0.15) is 11.6 Å². The van der Waals surface area contributed by atoms with Crippen LogP contribution >= 0.6 is 0 Å². The van der Waals surface area contributed by atoms with Crippen molar-refractivity contribution in [2.45, 2.75) is 45.1 Å². The Balaban J connectivity index is 2.14. The van der Waals surface area contributed by atoms with Crippen LogP contribution in [0.4, 0.5) is 4.39 Å². The molecule has 0 aromatic heterocycles. The van der Waals surface area contributed by atoms with E-state index >= 15 is 0 Å². The first-order chi connectivity index (χ1) is 9.17. The maximum atomic E-state index is 13.9. The quantitative estimate of drug-likeness (QED) is 0.889. The van der Waals surface area contributed by atoms with Gasteiger partial charge in [-0.3, -0.25) is 0 Å².